The first-order chi connectivity index (χ1) is 28.5. The molecule has 0 fully saturated rings. The Balaban J connectivity index is 1.06. The van der Waals surface area contributed by atoms with Gasteiger partial charge in [0.25, 0.3) is 11.8 Å². The number of rotatable bonds is 6. The molecule has 286 valence electrons. The molecule has 12 nitrogen and oxygen atoms in total. The second kappa shape index (κ2) is 13.9. The van der Waals surface area contributed by atoms with Gasteiger partial charge in [0.2, 0.25) is 0 Å². The van der Waals surface area contributed by atoms with E-state index in [1.807, 2.05) is 0 Å². The molecule has 59 heavy (non-hydrogen) atoms. The number of benzene rings is 6. The maximum Gasteiger partial charge on any atom is 0.339 e. The first-order valence-corrected chi connectivity index (χ1v) is 18.8. The summed E-state index contributed by atoms with van der Waals surface area (Å²) in [6.07, 6.45) is 0. The first-order valence-electron chi connectivity index (χ1n) is 18.0. The smallest absolute Gasteiger partial charge is 0.339 e. The highest BCUT2D eigenvalue weighted by atomic mass is 32.1. The van der Waals surface area contributed by atoms with Gasteiger partial charge in [-0.25, -0.2) is 9.59 Å². The lowest BCUT2D eigenvalue weighted by Crippen LogP contribution is -2.22. The van der Waals surface area contributed by atoms with Gasteiger partial charge in [-0.1, -0.05) is 48.5 Å². The fourth-order valence-electron chi connectivity index (χ4n) is 7.50. The van der Waals surface area contributed by atoms with Gasteiger partial charge in [0, 0.05) is 75.8 Å². The summed E-state index contributed by atoms with van der Waals surface area (Å²) < 4.78 is 11.3. The van der Waals surface area contributed by atoms with Crippen LogP contribution < -0.4 is 10.6 Å². The van der Waals surface area contributed by atoms with E-state index >= 15 is 0 Å². The van der Waals surface area contributed by atoms with Crippen molar-refractivity contribution in [2.45, 2.75) is 0 Å². The third kappa shape index (κ3) is 5.91. The fraction of sp³-hybridized carbons (Fsp3) is 0.0435. The largest absolute Gasteiger partial charge is 0.465 e. The molecule has 2 amide bonds. The van der Waals surface area contributed by atoms with Crippen molar-refractivity contribution in [2.24, 2.45) is 0 Å². The number of fused-ring (bicyclic) bond motifs is 7. The highest BCUT2D eigenvalue weighted by Crippen LogP contribution is 2.40. The first kappa shape index (κ1) is 36.7. The molecule has 0 bridgehead atoms. The van der Waals surface area contributed by atoms with Crippen LogP contribution in [0.1, 0.15) is 105 Å². The summed E-state index contributed by atoms with van der Waals surface area (Å²) in [6, 6.07) is 27.5. The van der Waals surface area contributed by atoms with E-state index in [1.165, 1.54) is 74.1 Å². The minimum Gasteiger partial charge on any atom is -0.465 e. The molecule has 0 atom stereocenters. The molecule has 9 rings (SSSR count). The molecular weight excluding hydrogens is 773 g/mol. The molecule has 0 unspecified atom stereocenters. The zero-order valence-corrected chi connectivity index (χ0v) is 31.7. The number of thiophene rings is 1. The van der Waals surface area contributed by atoms with Gasteiger partial charge >= 0.3 is 11.9 Å². The van der Waals surface area contributed by atoms with E-state index in [1.54, 1.807) is 60.7 Å². The molecule has 2 aliphatic carbocycles. The lowest BCUT2D eigenvalue weighted by atomic mass is 9.83. The van der Waals surface area contributed by atoms with Crippen molar-refractivity contribution in [2.75, 3.05) is 24.9 Å². The van der Waals surface area contributed by atoms with Crippen LogP contribution in [-0.2, 0) is 9.47 Å². The lowest BCUT2D eigenvalue weighted by Gasteiger charge is -2.18. The summed E-state index contributed by atoms with van der Waals surface area (Å²) in [5.41, 5.74) is 1.87. The number of amides is 2. The Hall–Kier alpha value is -7.90. The summed E-state index contributed by atoms with van der Waals surface area (Å²) in [5, 5.41) is 6.56. The molecule has 0 spiro atoms. The molecule has 2 aliphatic rings. The number of carbonyl (C=O) groups excluding carboxylic acids is 8. The Morgan fingerprint density at radius 3 is 1.14 bits per heavy atom. The predicted octanol–water partition coefficient (Wildman–Crippen LogP) is 7.68. The SMILES string of the molecule is COC(=O)c1cc2c(cc1NC(=O)c1ccc3c(c1)C(=O)c1ccccc1C3=O)sc1cc(NC(=O)c3ccc4c(c3)C(=O)c3ccccc3C4=O)c(C(=O)OC)cc12. The third-order valence-corrected chi connectivity index (χ3v) is 11.5. The number of esters is 2. The lowest BCUT2D eigenvalue weighted by molar-refractivity contribution is 0.0593. The summed E-state index contributed by atoms with van der Waals surface area (Å²) in [4.78, 5) is 107. The van der Waals surface area contributed by atoms with Crippen LogP contribution in [0.3, 0.4) is 0 Å². The van der Waals surface area contributed by atoms with Crippen molar-refractivity contribution < 1.29 is 47.8 Å². The van der Waals surface area contributed by atoms with Crippen molar-refractivity contribution in [1.82, 2.24) is 0 Å². The van der Waals surface area contributed by atoms with Crippen molar-refractivity contribution in [3.8, 4) is 0 Å². The molecule has 0 saturated heterocycles. The van der Waals surface area contributed by atoms with Gasteiger partial charge in [0.05, 0.1) is 36.7 Å². The molecule has 1 heterocycles. The van der Waals surface area contributed by atoms with Crippen molar-refractivity contribution in [3.63, 3.8) is 0 Å². The molecule has 0 radical (unpaired) electrons. The van der Waals surface area contributed by atoms with E-state index in [2.05, 4.69) is 10.6 Å². The second-order valence-corrected chi connectivity index (χ2v) is 14.8. The van der Waals surface area contributed by atoms with Crippen molar-refractivity contribution in [3.05, 3.63) is 176 Å². The van der Waals surface area contributed by atoms with Gasteiger partial charge in [0.1, 0.15) is 0 Å². The van der Waals surface area contributed by atoms with Crippen LogP contribution in [-0.4, -0.2) is 61.1 Å². The number of methoxy groups -OCH3 is 2. The van der Waals surface area contributed by atoms with E-state index in [0.29, 0.717) is 20.2 Å². The maximum atomic E-state index is 13.7. The minimum atomic E-state index is -0.768. The standard InChI is InChI=1S/C46H26N2O10S/c1-57-45(55)33-17-29-30-18-34(46(56)58-2)36(48-44(54)22-12-14-28-32(16-22)42(52)26-10-6-4-8-24(26)40(28)50)20-38(30)59-37(29)19-35(33)47-43(53)21-11-13-27-31(15-21)41(51)25-9-5-3-7-23(25)39(27)49/h3-20H,1-2H3,(H,47,53)(H,48,54). The third-order valence-electron chi connectivity index (χ3n) is 10.4. The van der Waals surface area contributed by atoms with Gasteiger partial charge in [-0.3, -0.25) is 28.8 Å². The average Bonchev–Trinajstić information content (AvgIpc) is 3.61. The predicted molar refractivity (Wildman–Crippen MR) is 217 cm³/mol. The van der Waals surface area contributed by atoms with Crippen LogP contribution in [0.25, 0.3) is 20.2 Å². The van der Waals surface area contributed by atoms with Crippen molar-refractivity contribution in [1.29, 1.82) is 0 Å². The Kier molecular flexibility index (Phi) is 8.67. The molecule has 2 N–H and O–H groups in total. The summed E-state index contributed by atoms with van der Waals surface area (Å²) in [7, 11) is 2.38. The van der Waals surface area contributed by atoms with Crippen LogP contribution >= 0.6 is 11.3 Å². The van der Waals surface area contributed by atoms with Crippen LogP contribution in [0, 0.1) is 0 Å². The molecule has 13 heteroatoms. The van der Waals surface area contributed by atoms with E-state index in [4.69, 9.17) is 9.47 Å². The summed E-state index contributed by atoms with van der Waals surface area (Å²) >= 11 is 1.25. The van der Waals surface area contributed by atoms with Crippen LogP contribution in [0.2, 0.25) is 0 Å². The van der Waals surface area contributed by atoms with Crippen LogP contribution in [0.5, 0.6) is 0 Å². The Morgan fingerprint density at radius 1 is 0.441 bits per heavy atom. The topological polar surface area (TPSA) is 179 Å². The zero-order chi connectivity index (χ0) is 41.3. The molecule has 0 saturated carbocycles. The number of hydrogen-bond donors (Lipinski definition) is 2. The quantitative estimate of drug-likeness (QED) is 0.159. The van der Waals surface area contributed by atoms with E-state index in [0.717, 1.165) is 0 Å². The van der Waals surface area contributed by atoms with Crippen LogP contribution in [0.15, 0.2) is 109 Å². The van der Waals surface area contributed by atoms with E-state index in [9.17, 15) is 38.4 Å². The normalized spacial score (nSPS) is 12.6. The number of anilines is 2. The summed E-state index contributed by atoms with van der Waals surface area (Å²) in [6.45, 7) is 0. The number of ether oxygens (including phenoxy) is 2. The van der Waals surface area contributed by atoms with Gasteiger partial charge in [-0.05, 0) is 60.7 Å². The Bertz CT molecular complexity index is 2930. The number of nitrogens with one attached hydrogen (secondary N) is 2. The van der Waals surface area contributed by atoms with Gasteiger partial charge < -0.3 is 20.1 Å². The Labute approximate surface area is 337 Å². The molecule has 0 aliphatic heterocycles. The monoisotopic (exact) mass is 798 g/mol. The zero-order valence-electron chi connectivity index (χ0n) is 30.9. The number of carbonyl (C=O) groups is 8. The molecule has 7 aromatic rings. The van der Waals surface area contributed by atoms with Gasteiger partial charge in [-0.15, -0.1) is 11.3 Å². The van der Waals surface area contributed by atoms with E-state index < -0.39 is 35.3 Å². The molecule has 1 aromatic heterocycles. The van der Waals surface area contributed by atoms with Crippen molar-refractivity contribution >= 4 is 89.8 Å². The summed E-state index contributed by atoms with van der Waals surface area (Å²) in [5.74, 6) is -4.31. The highest BCUT2D eigenvalue weighted by Gasteiger charge is 2.32. The Morgan fingerprint density at radius 2 is 0.780 bits per heavy atom. The molecule has 6 aromatic carbocycles. The van der Waals surface area contributed by atoms with Gasteiger partial charge in [-0.2, -0.15) is 0 Å². The number of hydrogen-bond acceptors (Lipinski definition) is 11. The number of ketones is 4. The van der Waals surface area contributed by atoms with E-state index in [-0.39, 0.29) is 89.7 Å². The fourth-order valence-corrected chi connectivity index (χ4v) is 8.65. The molecular formula is C46H26N2O10S. The van der Waals surface area contributed by atoms with Crippen LogP contribution in [0.4, 0.5) is 11.4 Å². The highest BCUT2D eigenvalue weighted by molar-refractivity contribution is 7.25. The maximum absolute atomic E-state index is 13.7. The van der Waals surface area contributed by atoms with Gasteiger partial charge in [0.15, 0.2) is 23.1 Å². The second-order valence-electron chi connectivity index (χ2n) is 13.7. The average molecular weight is 799 g/mol. The minimum absolute atomic E-state index is 0.00810.